The van der Waals surface area contributed by atoms with E-state index >= 15 is 0 Å². The average molecular weight is 325 g/mol. The number of nitrogens with zero attached hydrogens (tertiary/aromatic N) is 3. The van der Waals surface area contributed by atoms with Crippen LogP contribution in [0.25, 0.3) is 0 Å². The number of aromatic nitrogens is 2. The van der Waals surface area contributed by atoms with Gasteiger partial charge in [-0.3, -0.25) is 0 Å². The molecular formula is C13H20ClF3N4. The summed E-state index contributed by atoms with van der Waals surface area (Å²) in [5.41, 5.74) is 0. The highest BCUT2D eigenvalue weighted by molar-refractivity contribution is 6.29. The SMILES string of the molecule is CC(C)N(C)CCCCNc1cc(Cl)nc(C(F)(F)F)n1. The molecule has 1 heterocycles. The van der Waals surface area contributed by atoms with Gasteiger partial charge in [0, 0.05) is 18.7 Å². The lowest BCUT2D eigenvalue weighted by Gasteiger charge is -2.20. The highest BCUT2D eigenvalue weighted by atomic mass is 35.5. The molecule has 1 aromatic heterocycles. The molecule has 1 N–H and O–H groups in total. The maximum absolute atomic E-state index is 12.5. The number of alkyl halides is 3. The zero-order valence-corrected chi connectivity index (χ0v) is 13.1. The zero-order valence-electron chi connectivity index (χ0n) is 12.3. The molecule has 1 rings (SSSR count). The van der Waals surface area contributed by atoms with Crippen LogP contribution in [-0.4, -0.2) is 41.0 Å². The van der Waals surface area contributed by atoms with Crippen molar-refractivity contribution in [3.63, 3.8) is 0 Å². The van der Waals surface area contributed by atoms with Crippen molar-refractivity contribution in [3.8, 4) is 0 Å². The van der Waals surface area contributed by atoms with Crippen LogP contribution in [0.15, 0.2) is 6.07 Å². The Morgan fingerprint density at radius 2 is 1.95 bits per heavy atom. The average Bonchev–Trinajstić information content (AvgIpc) is 2.36. The van der Waals surface area contributed by atoms with Crippen molar-refractivity contribution in [3.05, 3.63) is 17.0 Å². The summed E-state index contributed by atoms with van der Waals surface area (Å²) in [5.74, 6) is -1.13. The van der Waals surface area contributed by atoms with Crippen LogP contribution in [0.2, 0.25) is 5.15 Å². The molecule has 0 aliphatic rings. The molecule has 0 fully saturated rings. The van der Waals surface area contributed by atoms with Crippen molar-refractivity contribution < 1.29 is 13.2 Å². The van der Waals surface area contributed by atoms with Gasteiger partial charge in [0.05, 0.1) is 0 Å². The number of halogens is 4. The first-order valence-electron chi connectivity index (χ1n) is 6.76. The molecule has 0 saturated heterocycles. The summed E-state index contributed by atoms with van der Waals surface area (Å²) in [6.45, 7) is 5.70. The molecule has 0 aliphatic carbocycles. The Hall–Kier alpha value is -1.08. The van der Waals surface area contributed by atoms with Gasteiger partial charge in [-0.25, -0.2) is 9.97 Å². The maximum Gasteiger partial charge on any atom is 0.451 e. The minimum Gasteiger partial charge on any atom is -0.370 e. The molecule has 0 spiro atoms. The van der Waals surface area contributed by atoms with Crippen LogP contribution in [-0.2, 0) is 6.18 Å². The standard InChI is InChI=1S/C13H20ClF3N4/c1-9(2)21(3)7-5-4-6-18-11-8-10(14)19-12(20-11)13(15,16)17/h8-9H,4-7H2,1-3H3,(H,18,19,20). The van der Waals surface area contributed by atoms with E-state index in [0.29, 0.717) is 12.6 Å². The van der Waals surface area contributed by atoms with Crippen molar-refractivity contribution in [2.45, 2.75) is 38.9 Å². The van der Waals surface area contributed by atoms with E-state index in [1.165, 1.54) is 6.07 Å². The summed E-state index contributed by atoms with van der Waals surface area (Å²) in [5, 5.41) is 2.62. The molecule has 0 amide bonds. The topological polar surface area (TPSA) is 41.0 Å². The van der Waals surface area contributed by atoms with Gasteiger partial charge in [-0.1, -0.05) is 11.6 Å². The highest BCUT2D eigenvalue weighted by Crippen LogP contribution is 2.28. The lowest BCUT2D eigenvalue weighted by molar-refractivity contribution is -0.144. The second-order valence-corrected chi connectivity index (χ2v) is 5.49. The van der Waals surface area contributed by atoms with Gasteiger partial charge < -0.3 is 10.2 Å². The normalized spacial score (nSPS) is 12.2. The van der Waals surface area contributed by atoms with Gasteiger partial charge in [-0.05, 0) is 40.3 Å². The minimum absolute atomic E-state index is 0.0968. The Balaban J connectivity index is 2.44. The molecular weight excluding hydrogens is 305 g/mol. The fraction of sp³-hybridized carbons (Fsp3) is 0.692. The van der Waals surface area contributed by atoms with Gasteiger partial charge in [0.15, 0.2) is 0 Å². The Kier molecular flexibility index (Phi) is 6.67. The van der Waals surface area contributed by atoms with Crippen LogP contribution in [0.5, 0.6) is 0 Å². The second-order valence-electron chi connectivity index (χ2n) is 5.11. The molecule has 4 nitrogen and oxygen atoms in total. The molecule has 0 bridgehead atoms. The van der Waals surface area contributed by atoms with E-state index in [4.69, 9.17) is 11.6 Å². The summed E-state index contributed by atoms with van der Waals surface area (Å²) in [7, 11) is 2.04. The van der Waals surface area contributed by atoms with Crippen molar-refractivity contribution in [2.75, 3.05) is 25.5 Å². The van der Waals surface area contributed by atoms with Gasteiger partial charge in [-0.15, -0.1) is 0 Å². The summed E-state index contributed by atoms with van der Waals surface area (Å²) in [4.78, 5) is 8.81. The number of hydrogen-bond donors (Lipinski definition) is 1. The highest BCUT2D eigenvalue weighted by Gasteiger charge is 2.35. The number of anilines is 1. The quantitative estimate of drug-likeness (QED) is 0.613. The first-order chi connectivity index (χ1) is 9.70. The number of rotatable bonds is 7. The Morgan fingerprint density at radius 1 is 1.29 bits per heavy atom. The second kappa shape index (κ2) is 7.79. The third-order valence-electron chi connectivity index (χ3n) is 3.07. The van der Waals surface area contributed by atoms with Gasteiger partial charge in [-0.2, -0.15) is 13.2 Å². The summed E-state index contributed by atoms with van der Waals surface area (Å²) in [6.07, 6.45) is -2.81. The Labute approximate surface area is 127 Å². The fourth-order valence-electron chi connectivity index (χ4n) is 1.60. The maximum atomic E-state index is 12.5. The third kappa shape index (κ3) is 6.48. The van der Waals surface area contributed by atoms with Crippen LogP contribution < -0.4 is 5.32 Å². The van der Waals surface area contributed by atoms with Crippen molar-refractivity contribution >= 4 is 17.4 Å². The van der Waals surface area contributed by atoms with Gasteiger partial charge in [0.25, 0.3) is 0 Å². The predicted octanol–water partition coefficient (Wildman–Crippen LogP) is 3.68. The molecule has 120 valence electrons. The van der Waals surface area contributed by atoms with Crippen LogP contribution in [0.3, 0.4) is 0 Å². The summed E-state index contributed by atoms with van der Waals surface area (Å²) in [6, 6.07) is 1.77. The number of hydrogen-bond acceptors (Lipinski definition) is 4. The molecule has 0 saturated carbocycles. The summed E-state index contributed by atoms with van der Waals surface area (Å²) < 4.78 is 37.6. The van der Waals surface area contributed by atoms with Gasteiger partial charge >= 0.3 is 6.18 Å². The number of unbranched alkanes of at least 4 members (excludes halogenated alkanes) is 1. The van der Waals surface area contributed by atoms with Crippen LogP contribution in [0.1, 0.15) is 32.5 Å². The largest absolute Gasteiger partial charge is 0.451 e. The van der Waals surface area contributed by atoms with Crippen LogP contribution in [0.4, 0.5) is 19.0 Å². The molecule has 0 radical (unpaired) electrons. The monoisotopic (exact) mass is 324 g/mol. The van der Waals surface area contributed by atoms with E-state index in [1.807, 2.05) is 7.05 Å². The minimum atomic E-state index is -4.60. The van der Waals surface area contributed by atoms with Gasteiger partial charge in [0.2, 0.25) is 5.82 Å². The Bertz CT molecular complexity index is 452. The zero-order chi connectivity index (χ0) is 16.0. The molecule has 8 heteroatoms. The number of nitrogens with one attached hydrogen (secondary N) is 1. The molecule has 0 aromatic carbocycles. The van der Waals surface area contributed by atoms with Crippen LogP contribution in [0, 0.1) is 0 Å². The van der Waals surface area contributed by atoms with E-state index < -0.39 is 12.0 Å². The molecule has 0 unspecified atom stereocenters. The van der Waals surface area contributed by atoms with Crippen LogP contribution >= 0.6 is 11.6 Å². The molecule has 21 heavy (non-hydrogen) atoms. The van der Waals surface area contributed by atoms with Crippen molar-refractivity contribution in [2.24, 2.45) is 0 Å². The van der Waals surface area contributed by atoms with E-state index in [9.17, 15) is 13.2 Å². The third-order valence-corrected chi connectivity index (χ3v) is 3.27. The van der Waals surface area contributed by atoms with E-state index in [1.54, 1.807) is 0 Å². The smallest absolute Gasteiger partial charge is 0.370 e. The predicted molar refractivity (Wildman–Crippen MR) is 77.5 cm³/mol. The van der Waals surface area contributed by atoms with Crippen molar-refractivity contribution in [1.82, 2.24) is 14.9 Å². The molecule has 0 aliphatic heterocycles. The molecule has 1 aromatic rings. The van der Waals surface area contributed by atoms with Crippen molar-refractivity contribution in [1.29, 1.82) is 0 Å². The lowest BCUT2D eigenvalue weighted by atomic mass is 10.2. The summed E-state index contributed by atoms with van der Waals surface area (Å²) >= 11 is 5.57. The Morgan fingerprint density at radius 3 is 2.52 bits per heavy atom. The lowest BCUT2D eigenvalue weighted by Crippen LogP contribution is -2.27. The molecule has 0 atom stereocenters. The first kappa shape index (κ1) is 18.0. The van der Waals surface area contributed by atoms with E-state index in [-0.39, 0.29) is 11.0 Å². The van der Waals surface area contributed by atoms with Gasteiger partial charge in [0.1, 0.15) is 11.0 Å². The van der Waals surface area contributed by atoms with E-state index in [2.05, 4.69) is 34.0 Å². The fourth-order valence-corrected chi connectivity index (χ4v) is 1.78. The first-order valence-corrected chi connectivity index (χ1v) is 7.14. The van der Waals surface area contributed by atoms with E-state index in [0.717, 1.165) is 19.4 Å².